The SMILES string of the molecule is O=C1CCC(N2C(=O)c3cccc(NC(=O)CCCCCOCCOCCOCCN4C(=O)c5ccccc5C4=O)c3C2=O)C(=O)N1. The Labute approximate surface area is 270 Å². The third-order valence-electron chi connectivity index (χ3n) is 8.02. The number of carbonyl (C=O) groups excluding carboxylic acids is 7. The minimum Gasteiger partial charge on any atom is -0.379 e. The smallest absolute Gasteiger partial charge is 0.264 e. The van der Waals surface area contributed by atoms with Crippen LogP contribution in [0.25, 0.3) is 0 Å². The van der Waals surface area contributed by atoms with Crippen molar-refractivity contribution < 1.29 is 47.8 Å². The normalized spacial score (nSPS) is 17.3. The highest BCUT2D eigenvalue weighted by atomic mass is 16.5. The van der Waals surface area contributed by atoms with Gasteiger partial charge in [0.15, 0.2) is 0 Å². The molecule has 3 aliphatic rings. The molecular weight excluding hydrogens is 612 g/mol. The number of piperidine rings is 1. The molecule has 2 aromatic carbocycles. The Balaban J connectivity index is 0.894. The van der Waals surface area contributed by atoms with Crippen molar-refractivity contribution in [3.8, 4) is 0 Å². The Morgan fingerprint density at radius 1 is 0.723 bits per heavy atom. The molecule has 7 amide bonds. The molecule has 0 aromatic heterocycles. The zero-order valence-corrected chi connectivity index (χ0v) is 25.8. The Hall–Kier alpha value is -4.79. The lowest BCUT2D eigenvalue weighted by Crippen LogP contribution is -2.54. The maximum absolute atomic E-state index is 13.2. The summed E-state index contributed by atoms with van der Waals surface area (Å²) in [4.78, 5) is 89.2. The van der Waals surface area contributed by atoms with Gasteiger partial charge in [0.25, 0.3) is 23.6 Å². The van der Waals surface area contributed by atoms with E-state index in [1.807, 2.05) is 0 Å². The second kappa shape index (κ2) is 15.7. The van der Waals surface area contributed by atoms with Crippen LogP contribution in [-0.4, -0.2) is 103 Å². The number of fused-ring (bicyclic) bond motifs is 2. The molecule has 3 aliphatic heterocycles. The lowest BCUT2D eigenvalue weighted by molar-refractivity contribution is -0.136. The summed E-state index contributed by atoms with van der Waals surface area (Å²) in [6.07, 6.45) is 2.35. The molecule has 5 rings (SSSR count). The van der Waals surface area contributed by atoms with Crippen molar-refractivity contribution in [3.05, 3.63) is 64.7 Å². The van der Waals surface area contributed by atoms with Gasteiger partial charge in [-0.1, -0.05) is 24.6 Å². The van der Waals surface area contributed by atoms with Gasteiger partial charge in [-0.2, -0.15) is 0 Å². The van der Waals surface area contributed by atoms with E-state index >= 15 is 0 Å². The van der Waals surface area contributed by atoms with Crippen molar-refractivity contribution in [2.45, 2.75) is 44.6 Å². The summed E-state index contributed by atoms with van der Waals surface area (Å²) in [5.74, 6) is -3.38. The number of imide groups is 3. The zero-order chi connectivity index (χ0) is 33.3. The number of hydrogen-bond acceptors (Lipinski definition) is 10. The number of nitrogens with one attached hydrogen (secondary N) is 2. The van der Waals surface area contributed by atoms with Gasteiger partial charge in [0.2, 0.25) is 17.7 Å². The quantitative estimate of drug-likeness (QED) is 0.190. The molecule has 0 saturated carbocycles. The Kier molecular flexibility index (Phi) is 11.2. The molecule has 14 nitrogen and oxygen atoms in total. The monoisotopic (exact) mass is 648 g/mol. The van der Waals surface area contributed by atoms with Crippen LogP contribution in [0.2, 0.25) is 0 Å². The number of nitrogens with zero attached hydrogens (tertiary/aromatic N) is 2. The number of anilines is 1. The van der Waals surface area contributed by atoms with Crippen LogP contribution in [0.15, 0.2) is 42.5 Å². The van der Waals surface area contributed by atoms with Crippen molar-refractivity contribution >= 4 is 47.0 Å². The van der Waals surface area contributed by atoms with Crippen molar-refractivity contribution in [1.29, 1.82) is 0 Å². The summed E-state index contributed by atoms with van der Waals surface area (Å²) in [6.45, 7) is 2.35. The maximum Gasteiger partial charge on any atom is 0.264 e. The predicted octanol–water partition coefficient (Wildman–Crippen LogP) is 1.93. The number of rotatable bonds is 17. The predicted molar refractivity (Wildman–Crippen MR) is 164 cm³/mol. The first-order valence-corrected chi connectivity index (χ1v) is 15.6. The van der Waals surface area contributed by atoms with Gasteiger partial charge in [-0.05, 0) is 43.5 Å². The van der Waals surface area contributed by atoms with E-state index in [9.17, 15) is 33.6 Å². The van der Waals surface area contributed by atoms with Gasteiger partial charge >= 0.3 is 0 Å². The van der Waals surface area contributed by atoms with Crippen molar-refractivity contribution in [1.82, 2.24) is 15.1 Å². The zero-order valence-electron chi connectivity index (χ0n) is 25.8. The fourth-order valence-corrected chi connectivity index (χ4v) is 5.64. The molecule has 1 fully saturated rings. The summed E-state index contributed by atoms with van der Waals surface area (Å²) < 4.78 is 16.5. The molecule has 0 aliphatic carbocycles. The standard InChI is InChI=1S/C33H36N4O10/c38-26(34-24-10-6-9-23-28(24)33(44)37(32(23)43)25-12-13-27(39)35-29(25)40)11-2-1-5-15-45-17-19-47-20-18-46-16-14-36-30(41)21-7-3-4-8-22(21)31(36)42/h3-4,6-10,25H,1-2,5,11-20H2,(H,34,38)(H,35,39,40). The number of amides is 7. The minimum atomic E-state index is -1.08. The number of hydrogen-bond donors (Lipinski definition) is 2. The molecular formula is C33H36N4O10. The molecule has 1 unspecified atom stereocenters. The Morgan fingerprint density at radius 3 is 2.04 bits per heavy atom. The Morgan fingerprint density at radius 2 is 1.36 bits per heavy atom. The summed E-state index contributed by atoms with van der Waals surface area (Å²) in [5, 5.41) is 4.88. The molecule has 0 radical (unpaired) electrons. The van der Waals surface area contributed by atoms with Gasteiger partial charge in [0.1, 0.15) is 6.04 Å². The van der Waals surface area contributed by atoms with Crippen LogP contribution in [0.5, 0.6) is 0 Å². The summed E-state index contributed by atoms with van der Waals surface area (Å²) in [6, 6.07) is 10.2. The van der Waals surface area contributed by atoms with Crippen LogP contribution < -0.4 is 10.6 Å². The minimum absolute atomic E-state index is 0.0225. The van der Waals surface area contributed by atoms with Gasteiger partial charge in [-0.25, -0.2) is 0 Å². The van der Waals surface area contributed by atoms with E-state index in [1.54, 1.807) is 30.3 Å². The third kappa shape index (κ3) is 7.79. The highest BCUT2D eigenvalue weighted by molar-refractivity contribution is 6.26. The van der Waals surface area contributed by atoms with Crippen molar-refractivity contribution in [3.63, 3.8) is 0 Å². The molecule has 2 aromatic rings. The fourth-order valence-electron chi connectivity index (χ4n) is 5.64. The van der Waals surface area contributed by atoms with Crippen molar-refractivity contribution in [2.75, 3.05) is 51.5 Å². The molecule has 14 heteroatoms. The van der Waals surface area contributed by atoms with Crippen LogP contribution in [0.1, 0.15) is 80.0 Å². The molecule has 248 valence electrons. The average molecular weight is 649 g/mol. The van der Waals surface area contributed by atoms with E-state index in [0.29, 0.717) is 50.6 Å². The van der Waals surface area contributed by atoms with Gasteiger partial charge in [-0.15, -0.1) is 0 Å². The van der Waals surface area contributed by atoms with Crippen molar-refractivity contribution in [2.24, 2.45) is 0 Å². The number of benzene rings is 2. The lowest BCUT2D eigenvalue weighted by Gasteiger charge is -2.27. The second-order valence-corrected chi connectivity index (χ2v) is 11.2. The number of unbranched alkanes of at least 4 members (excludes halogenated alkanes) is 2. The average Bonchev–Trinajstić information content (AvgIpc) is 3.46. The summed E-state index contributed by atoms with van der Waals surface area (Å²) in [7, 11) is 0. The first-order valence-electron chi connectivity index (χ1n) is 15.6. The van der Waals surface area contributed by atoms with E-state index in [-0.39, 0.29) is 66.9 Å². The molecule has 1 atom stereocenters. The largest absolute Gasteiger partial charge is 0.379 e. The van der Waals surface area contributed by atoms with Crippen LogP contribution in [-0.2, 0) is 28.6 Å². The van der Waals surface area contributed by atoms with E-state index < -0.39 is 29.7 Å². The summed E-state index contributed by atoms with van der Waals surface area (Å²) in [5.41, 5.74) is 1.18. The van der Waals surface area contributed by atoms with Crippen LogP contribution in [0.3, 0.4) is 0 Å². The number of carbonyl (C=O) groups is 7. The molecule has 3 heterocycles. The van der Waals surface area contributed by atoms with Gasteiger partial charge in [0, 0.05) is 19.4 Å². The van der Waals surface area contributed by atoms with Gasteiger partial charge in [0.05, 0.1) is 67.5 Å². The second-order valence-electron chi connectivity index (χ2n) is 11.2. The van der Waals surface area contributed by atoms with E-state index in [0.717, 1.165) is 17.7 Å². The molecule has 47 heavy (non-hydrogen) atoms. The maximum atomic E-state index is 13.2. The molecule has 0 spiro atoms. The Bertz CT molecular complexity index is 1540. The summed E-state index contributed by atoms with van der Waals surface area (Å²) >= 11 is 0. The third-order valence-corrected chi connectivity index (χ3v) is 8.02. The molecule has 1 saturated heterocycles. The van der Waals surface area contributed by atoms with Gasteiger partial charge in [-0.3, -0.25) is 48.7 Å². The van der Waals surface area contributed by atoms with E-state index in [1.165, 1.54) is 17.0 Å². The van der Waals surface area contributed by atoms with E-state index in [2.05, 4.69) is 10.6 Å². The first-order chi connectivity index (χ1) is 22.8. The highest BCUT2D eigenvalue weighted by Gasteiger charge is 2.45. The van der Waals surface area contributed by atoms with E-state index in [4.69, 9.17) is 14.2 Å². The molecule has 2 N–H and O–H groups in total. The molecule has 0 bridgehead atoms. The van der Waals surface area contributed by atoms with Gasteiger partial charge < -0.3 is 19.5 Å². The first kappa shape index (κ1) is 33.6. The topological polar surface area (TPSA) is 178 Å². The highest BCUT2D eigenvalue weighted by Crippen LogP contribution is 2.32. The van der Waals surface area contributed by atoms with Crippen LogP contribution >= 0.6 is 0 Å². The van der Waals surface area contributed by atoms with Crippen LogP contribution in [0.4, 0.5) is 5.69 Å². The van der Waals surface area contributed by atoms with Crippen LogP contribution in [0, 0.1) is 0 Å². The lowest BCUT2D eigenvalue weighted by atomic mass is 10.0. The number of ether oxygens (including phenoxy) is 3. The fraction of sp³-hybridized carbons (Fsp3) is 0.424.